The van der Waals surface area contributed by atoms with Gasteiger partial charge in [-0.05, 0) is 76.6 Å². The third kappa shape index (κ3) is 3.20. The summed E-state index contributed by atoms with van der Waals surface area (Å²) >= 11 is 0. The molecule has 3 nitrogen and oxygen atoms in total. The molecule has 0 aromatic heterocycles. The summed E-state index contributed by atoms with van der Waals surface area (Å²) in [4.78, 5) is 3.77. The van der Waals surface area contributed by atoms with Crippen LogP contribution in [0, 0.1) is 6.57 Å². The summed E-state index contributed by atoms with van der Waals surface area (Å²) in [5, 5.41) is 6.60. The maximum Gasteiger partial charge on any atom is 0.496 e. The fourth-order valence-electron chi connectivity index (χ4n) is 5.27. The number of benzene rings is 5. The molecule has 0 aliphatic carbocycles. The van der Waals surface area contributed by atoms with Crippen LogP contribution in [0.15, 0.2) is 84.9 Å². The molecule has 0 unspecified atom stereocenters. The molecule has 0 bridgehead atoms. The Morgan fingerprint density at radius 2 is 1.06 bits per heavy atom. The average molecular weight is 455 g/mol. The highest BCUT2D eigenvalue weighted by Gasteiger charge is 2.52. The maximum atomic E-state index is 7.65. The van der Waals surface area contributed by atoms with Crippen molar-refractivity contribution < 1.29 is 9.31 Å². The Balaban J connectivity index is 1.73. The van der Waals surface area contributed by atoms with E-state index in [-0.39, 0.29) is 0 Å². The Hall–Kier alpha value is -3.65. The van der Waals surface area contributed by atoms with Gasteiger partial charge in [-0.2, -0.15) is 0 Å². The molecule has 4 heteroatoms. The van der Waals surface area contributed by atoms with Crippen molar-refractivity contribution in [1.29, 1.82) is 0 Å². The first-order chi connectivity index (χ1) is 16.8. The van der Waals surface area contributed by atoms with Crippen molar-refractivity contribution >= 4 is 50.6 Å². The second-order valence-electron chi connectivity index (χ2n) is 10.3. The predicted octanol–water partition coefficient (Wildman–Crippen LogP) is 7.66. The smallest absolute Gasteiger partial charge is 0.399 e. The molecule has 5 aromatic rings. The monoisotopic (exact) mass is 455 g/mol. The van der Waals surface area contributed by atoms with E-state index in [9.17, 15) is 0 Å². The molecule has 1 aliphatic heterocycles. The van der Waals surface area contributed by atoms with E-state index in [0.29, 0.717) is 5.69 Å². The van der Waals surface area contributed by atoms with Crippen LogP contribution in [0.25, 0.3) is 48.3 Å². The topological polar surface area (TPSA) is 22.8 Å². The van der Waals surface area contributed by atoms with Gasteiger partial charge >= 0.3 is 7.12 Å². The minimum Gasteiger partial charge on any atom is -0.399 e. The van der Waals surface area contributed by atoms with Crippen LogP contribution < -0.4 is 5.46 Å². The third-order valence-electron chi connectivity index (χ3n) is 7.75. The highest BCUT2D eigenvalue weighted by molar-refractivity contribution is 6.69. The van der Waals surface area contributed by atoms with E-state index in [2.05, 4.69) is 93.2 Å². The molecular weight excluding hydrogens is 429 g/mol. The van der Waals surface area contributed by atoms with Crippen molar-refractivity contribution in [2.45, 2.75) is 38.9 Å². The summed E-state index contributed by atoms with van der Waals surface area (Å²) in [7, 11) is -0.468. The SMILES string of the molecule is [C-]#[N+]c1ccc(-c2c3ccccc3c(B3OC(C)(C)C(C)(C)O3)c3ccccc23)c2ccccc12. The highest BCUT2D eigenvalue weighted by atomic mass is 16.7. The van der Waals surface area contributed by atoms with Crippen LogP contribution in [0.3, 0.4) is 0 Å². The molecule has 1 saturated heterocycles. The summed E-state index contributed by atoms with van der Waals surface area (Å²) in [6, 6.07) is 29.3. The molecule has 1 fully saturated rings. The quantitative estimate of drug-likeness (QED) is 0.155. The first-order valence-electron chi connectivity index (χ1n) is 12.0. The summed E-state index contributed by atoms with van der Waals surface area (Å²) < 4.78 is 13.1. The highest BCUT2D eigenvalue weighted by Crippen LogP contribution is 2.43. The second kappa shape index (κ2) is 7.68. The maximum absolute atomic E-state index is 7.65. The Labute approximate surface area is 206 Å². The zero-order valence-electron chi connectivity index (χ0n) is 20.4. The Morgan fingerprint density at radius 3 is 1.57 bits per heavy atom. The van der Waals surface area contributed by atoms with Crippen molar-refractivity contribution in [3.05, 3.63) is 96.3 Å². The fourth-order valence-corrected chi connectivity index (χ4v) is 5.27. The van der Waals surface area contributed by atoms with Crippen LogP contribution in [0.4, 0.5) is 5.69 Å². The van der Waals surface area contributed by atoms with Crippen molar-refractivity contribution in [2.75, 3.05) is 0 Å². The van der Waals surface area contributed by atoms with Crippen LogP contribution in [0.5, 0.6) is 0 Å². The molecule has 170 valence electrons. The zero-order chi connectivity index (χ0) is 24.4. The molecule has 5 aromatic carbocycles. The minimum absolute atomic E-state index is 0.426. The van der Waals surface area contributed by atoms with Crippen molar-refractivity contribution in [2.24, 2.45) is 0 Å². The van der Waals surface area contributed by atoms with Crippen LogP contribution in [0.2, 0.25) is 0 Å². The first-order valence-corrected chi connectivity index (χ1v) is 12.0. The lowest BCUT2D eigenvalue weighted by molar-refractivity contribution is 0.00578. The van der Waals surface area contributed by atoms with Crippen LogP contribution in [0.1, 0.15) is 27.7 Å². The van der Waals surface area contributed by atoms with Gasteiger partial charge in [0, 0.05) is 0 Å². The van der Waals surface area contributed by atoms with E-state index in [1.165, 1.54) is 5.56 Å². The lowest BCUT2D eigenvalue weighted by Crippen LogP contribution is -2.41. The average Bonchev–Trinajstić information content (AvgIpc) is 3.08. The zero-order valence-corrected chi connectivity index (χ0v) is 20.4. The summed E-state index contributed by atoms with van der Waals surface area (Å²) in [5.41, 5.74) is 3.19. The van der Waals surface area contributed by atoms with Gasteiger partial charge in [0.1, 0.15) is 0 Å². The van der Waals surface area contributed by atoms with Gasteiger partial charge in [-0.25, -0.2) is 4.85 Å². The fraction of sp³-hybridized carbons (Fsp3) is 0.194. The molecule has 0 saturated carbocycles. The van der Waals surface area contributed by atoms with Gasteiger partial charge in [-0.1, -0.05) is 84.9 Å². The predicted molar refractivity (Wildman–Crippen MR) is 146 cm³/mol. The molecule has 1 aliphatic rings. The number of hydrogen-bond donors (Lipinski definition) is 0. The number of hydrogen-bond acceptors (Lipinski definition) is 2. The van der Waals surface area contributed by atoms with Crippen molar-refractivity contribution in [3.63, 3.8) is 0 Å². The second-order valence-corrected chi connectivity index (χ2v) is 10.3. The normalized spacial score (nSPS) is 16.7. The molecule has 0 atom stereocenters. The van der Waals surface area contributed by atoms with Crippen LogP contribution >= 0.6 is 0 Å². The van der Waals surface area contributed by atoms with Crippen LogP contribution in [-0.4, -0.2) is 18.3 Å². The largest absolute Gasteiger partial charge is 0.496 e. The third-order valence-corrected chi connectivity index (χ3v) is 7.75. The lowest BCUT2D eigenvalue weighted by Gasteiger charge is -2.32. The van der Waals surface area contributed by atoms with E-state index in [1.807, 2.05) is 24.3 Å². The van der Waals surface area contributed by atoms with Crippen LogP contribution in [-0.2, 0) is 9.31 Å². The van der Waals surface area contributed by atoms with E-state index >= 15 is 0 Å². The van der Waals surface area contributed by atoms with Gasteiger partial charge in [-0.15, -0.1) is 0 Å². The molecule has 0 radical (unpaired) electrons. The standard InChI is InChI=1S/C31H26BNO2/c1-30(2)31(3,4)35-32(34-30)29-25-16-10-8-14-22(25)28(23-15-9-11-17-26(23)29)24-18-19-27(33-5)21-13-7-6-12-20(21)24/h6-19H,1-4H3. The number of nitrogens with zero attached hydrogens (tertiary/aromatic N) is 1. The molecule has 0 N–H and O–H groups in total. The molecule has 6 rings (SSSR count). The van der Waals surface area contributed by atoms with Gasteiger partial charge in [0.25, 0.3) is 0 Å². The van der Waals surface area contributed by atoms with Gasteiger partial charge in [0.15, 0.2) is 5.69 Å². The van der Waals surface area contributed by atoms with Gasteiger partial charge in [0.2, 0.25) is 0 Å². The molecule has 1 heterocycles. The molecular formula is C31H26BNO2. The summed E-state index contributed by atoms with van der Waals surface area (Å²) in [6.45, 7) is 16.0. The molecule has 35 heavy (non-hydrogen) atoms. The minimum atomic E-state index is -0.468. The van der Waals surface area contributed by atoms with E-state index in [4.69, 9.17) is 15.9 Å². The van der Waals surface area contributed by atoms with Crippen molar-refractivity contribution in [3.8, 4) is 11.1 Å². The summed E-state index contributed by atoms with van der Waals surface area (Å²) in [5.74, 6) is 0. The van der Waals surface area contributed by atoms with Gasteiger partial charge in [0.05, 0.1) is 17.8 Å². The van der Waals surface area contributed by atoms with E-state index < -0.39 is 18.3 Å². The van der Waals surface area contributed by atoms with Crippen molar-refractivity contribution in [1.82, 2.24) is 0 Å². The van der Waals surface area contributed by atoms with Gasteiger partial charge in [-0.3, -0.25) is 0 Å². The number of rotatable bonds is 2. The first kappa shape index (κ1) is 21.9. The molecule has 0 amide bonds. The van der Waals surface area contributed by atoms with E-state index in [1.54, 1.807) is 0 Å². The number of fused-ring (bicyclic) bond motifs is 3. The summed E-state index contributed by atoms with van der Waals surface area (Å²) in [6.07, 6.45) is 0. The Kier molecular flexibility index (Phi) is 4.80. The van der Waals surface area contributed by atoms with E-state index in [0.717, 1.165) is 43.3 Å². The Morgan fingerprint density at radius 1 is 0.600 bits per heavy atom. The Bertz CT molecular complexity index is 1610. The lowest BCUT2D eigenvalue weighted by atomic mass is 9.71. The van der Waals surface area contributed by atoms with Gasteiger partial charge < -0.3 is 9.31 Å². The molecule has 0 spiro atoms.